The van der Waals surface area contributed by atoms with Gasteiger partial charge in [0.1, 0.15) is 5.82 Å². The predicted molar refractivity (Wildman–Crippen MR) is 79.0 cm³/mol. The normalized spacial score (nSPS) is 25.7. The number of rotatable bonds is 1. The summed E-state index contributed by atoms with van der Waals surface area (Å²) in [6.45, 7) is 2.02. The van der Waals surface area contributed by atoms with Crippen molar-refractivity contribution < 1.29 is 13.2 Å². The van der Waals surface area contributed by atoms with Crippen LogP contribution in [-0.2, 0) is 6.18 Å². The van der Waals surface area contributed by atoms with E-state index in [9.17, 15) is 13.2 Å². The molecule has 4 rings (SSSR count). The number of fused-ring (bicyclic) bond motifs is 3. The molecule has 3 heterocycles. The molecule has 0 aliphatic heterocycles. The topological polar surface area (TPSA) is 72.0 Å². The summed E-state index contributed by atoms with van der Waals surface area (Å²) in [5.41, 5.74) is 6.26. The molecule has 122 valence electrons. The Balaban J connectivity index is 2.04. The summed E-state index contributed by atoms with van der Waals surface area (Å²) in [6, 6.07) is 1.72. The predicted octanol–water partition coefficient (Wildman–Crippen LogP) is 3.07. The van der Waals surface area contributed by atoms with Crippen LogP contribution < -0.4 is 5.73 Å². The van der Waals surface area contributed by atoms with Gasteiger partial charge >= 0.3 is 6.18 Å². The van der Waals surface area contributed by atoms with E-state index in [0.29, 0.717) is 23.4 Å². The maximum atomic E-state index is 13.4. The molecule has 0 spiro atoms. The summed E-state index contributed by atoms with van der Waals surface area (Å²) in [7, 11) is 0. The van der Waals surface area contributed by atoms with Crippen molar-refractivity contribution in [1.82, 2.24) is 19.4 Å². The summed E-state index contributed by atoms with van der Waals surface area (Å²) >= 11 is 0. The van der Waals surface area contributed by atoms with Crippen molar-refractivity contribution in [2.24, 2.45) is 11.7 Å². The minimum Gasteiger partial charge on any atom is -0.345 e. The molecule has 0 radical (unpaired) electrons. The Morgan fingerprint density at radius 2 is 2.09 bits per heavy atom. The van der Waals surface area contributed by atoms with Crippen LogP contribution >= 0.6 is 0 Å². The first kappa shape index (κ1) is 14.5. The van der Waals surface area contributed by atoms with Crippen LogP contribution in [-0.4, -0.2) is 25.4 Å². The summed E-state index contributed by atoms with van der Waals surface area (Å²) in [6.07, 6.45) is -0.178. The third-order valence-corrected chi connectivity index (χ3v) is 4.72. The second kappa shape index (κ2) is 4.70. The van der Waals surface area contributed by atoms with E-state index in [2.05, 4.69) is 15.0 Å². The number of imidazole rings is 1. The average Bonchev–Trinajstić information content (AvgIpc) is 3.13. The fourth-order valence-electron chi connectivity index (χ4n) is 3.70. The molecular formula is C15H16F3N5. The van der Waals surface area contributed by atoms with Gasteiger partial charge in [0.05, 0.1) is 17.2 Å². The zero-order valence-corrected chi connectivity index (χ0v) is 12.4. The number of halogens is 3. The summed E-state index contributed by atoms with van der Waals surface area (Å²) in [5, 5.41) is 0. The first-order chi connectivity index (χ1) is 10.9. The quantitative estimate of drug-likeness (QED) is 0.723. The molecule has 3 N–H and O–H groups in total. The lowest BCUT2D eigenvalue weighted by atomic mass is 9.97. The molecule has 1 fully saturated rings. The van der Waals surface area contributed by atoms with Crippen molar-refractivity contribution in [3.63, 3.8) is 0 Å². The number of hydrogen-bond donors (Lipinski definition) is 2. The van der Waals surface area contributed by atoms with E-state index >= 15 is 0 Å². The number of H-pyrrole nitrogens is 1. The lowest BCUT2D eigenvalue weighted by Crippen LogP contribution is -2.15. The molecule has 1 aliphatic carbocycles. The van der Waals surface area contributed by atoms with Crippen molar-refractivity contribution in [2.45, 2.75) is 37.9 Å². The van der Waals surface area contributed by atoms with E-state index in [1.54, 1.807) is 16.7 Å². The van der Waals surface area contributed by atoms with E-state index in [-0.39, 0.29) is 23.4 Å². The molecule has 3 aromatic heterocycles. The van der Waals surface area contributed by atoms with Gasteiger partial charge in [0, 0.05) is 18.2 Å². The highest BCUT2D eigenvalue weighted by Gasteiger charge is 2.40. The van der Waals surface area contributed by atoms with Crippen LogP contribution in [0.15, 0.2) is 18.5 Å². The Bertz CT molecular complexity index is 878. The SMILES string of the molecule is C[C@@H]1C[C@H](N)C[C@@H]1c1nc(C(F)(F)F)c2cnc3[nH]ccc3n12. The van der Waals surface area contributed by atoms with Crippen LogP contribution in [0, 0.1) is 5.92 Å². The maximum absolute atomic E-state index is 13.4. The highest BCUT2D eigenvalue weighted by Crippen LogP contribution is 2.41. The van der Waals surface area contributed by atoms with Crippen molar-refractivity contribution in [3.8, 4) is 0 Å². The van der Waals surface area contributed by atoms with E-state index in [1.807, 2.05) is 6.92 Å². The number of alkyl halides is 3. The molecule has 0 saturated heterocycles. The summed E-state index contributed by atoms with van der Waals surface area (Å²) in [4.78, 5) is 11.0. The van der Waals surface area contributed by atoms with Crippen molar-refractivity contribution in [3.05, 3.63) is 30.0 Å². The molecule has 0 amide bonds. The minimum absolute atomic E-state index is 0.000222. The Hall–Kier alpha value is -2.09. The van der Waals surface area contributed by atoms with E-state index in [4.69, 9.17) is 5.73 Å². The van der Waals surface area contributed by atoms with Crippen LogP contribution in [0.2, 0.25) is 0 Å². The van der Waals surface area contributed by atoms with E-state index < -0.39 is 11.9 Å². The minimum atomic E-state index is -4.51. The van der Waals surface area contributed by atoms with Gasteiger partial charge < -0.3 is 10.7 Å². The zero-order chi connectivity index (χ0) is 16.4. The maximum Gasteiger partial charge on any atom is 0.435 e. The Morgan fingerprint density at radius 1 is 1.30 bits per heavy atom. The molecule has 0 aromatic carbocycles. The van der Waals surface area contributed by atoms with Gasteiger partial charge in [0.2, 0.25) is 0 Å². The zero-order valence-electron chi connectivity index (χ0n) is 12.4. The second-order valence-corrected chi connectivity index (χ2v) is 6.32. The lowest BCUT2D eigenvalue weighted by Gasteiger charge is -2.14. The van der Waals surface area contributed by atoms with Crippen LogP contribution in [0.4, 0.5) is 13.2 Å². The molecule has 0 bridgehead atoms. The first-order valence-electron chi connectivity index (χ1n) is 7.53. The second-order valence-electron chi connectivity index (χ2n) is 6.32. The fourth-order valence-corrected chi connectivity index (χ4v) is 3.70. The Morgan fingerprint density at radius 3 is 2.74 bits per heavy atom. The van der Waals surface area contributed by atoms with Gasteiger partial charge in [-0.05, 0) is 24.8 Å². The molecule has 3 atom stereocenters. The Labute approximate surface area is 129 Å². The Kier molecular flexibility index (Phi) is 2.96. The summed E-state index contributed by atoms with van der Waals surface area (Å²) < 4.78 is 41.7. The van der Waals surface area contributed by atoms with Gasteiger partial charge in [0.15, 0.2) is 11.3 Å². The lowest BCUT2D eigenvalue weighted by molar-refractivity contribution is -0.139. The molecule has 5 nitrogen and oxygen atoms in total. The number of aromatic nitrogens is 4. The molecule has 23 heavy (non-hydrogen) atoms. The number of hydrogen-bond acceptors (Lipinski definition) is 3. The number of nitrogens with two attached hydrogens (primary N) is 1. The molecule has 1 saturated carbocycles. The van der Waals surface area contributed by atoms with Gasteiger partial charge in [-0.1, -0.05) is 6.92 Å². The first-order valence-corrected chi connectivity index (χ1v) is 7.53. The highest BCUT2D eigenvalue weighted by atomic mass is 19.4. The van der Waals surface area contributed by atoms with Crippen LogP contribution in [0.3, 0.4) is 0 Å². The van der Waals surface area contributed by atoms with Crippen molar-refractivity contribution in [1.29, 1.82) is 0 Å². The van der Waals surface area contributed by atoms with Gasteiger partial charge in [-0.25, -0.2) is 9.97 Å². The standard InChI is InChI=1S/C15H16F3N5/c1-7-4-8(19)5-9(7)14-22-12(15(16,17)18)11-6-21-13-10(23(11)14)2-3-20-13/h2-3,6-9,20H,4-5,19H2,1H3/t7-,8+,9+/m1/s1. The van der Waals surface area contributed by atoms with E-state index in [0.717, 1.165) is 6.42 Å². The number of aromatic amines is 1. The van der Waals surface area contributed by atoms with Gasteiger partial charge in [-0.2, -0.15) is 13.2 Å². The third kappa shape index (κ3) is 2.12. The summed E-state index contributed by atoms with van der Waals surface area (Å²) in [5.74, 6) is 0.535. The molecule has 0 unspecified atom stereocenters. The fraction of sp³-hybridized carbons (Fsp3) is 0.467. The molecule has 1 aliphatic rings. The molecule has 8 heteroatoms. The molecule has 3 aromatic rings. The highest BCUT2D eigenvalue weighted by molar-refractivity contribution is 5.76. The largest absolute Gasteiger partial charge is 0.435 e. The van der Waals surface area contributed by atoms with Crippen LogP contribution in [0.1, 0.15) is 37.2 Å². The monoisotopic (exact) mass is 323 g/mol. The number of nitrogens with one attached hydrogen (secondary N) is 1. The third-order valence-electron chi connectivity index (χ3n) is 4.72. The van der Waals surface area contributed by atoms with Crippen molar-refractivity contribution >= 4 is 16.7 Å². The average molecular weight is 323 g/mol. The van der Waals surface area contributed by atoms with Gasteiger partial charge in [-0.15, -0.1) is 0 Å². The molecular weight excluding hydrogens is 307 g/mol. The van der Waals surface area contributed by atoms with Crippen LogP contribution in [0.5, 0.6) is 0 Å². The van der Waals surface area contributed by atoms with Gasteiger partial charge in [-0.3, -0.25) is 4.40 Å². The smallest absolute Gasteiger partial charge is 0.345 e. The van der Waals surface area contributed by atoms with E-state index in [1.165, 1.54) is 6.20 Å². The van der Waals surface area contributed by atoms with Gasteiger partial charge in [0.25, 0.3) is 0 Å². The number of nitrogens with zero attached hydrogens (tertiary/aromatic N) is 3. The van der Waals surface area contributed by atoms with Crippen LogP contribution in [0.25, 0.3) is 16.7 Å². The van der Waals surface area contributed by atoms with Crippen molar-refractivity contribution in [2.75, 3.05) is 0 Å².